The van der Waals surface area contributed by atoms with E-state index in [4.69, 9.17) is 9.84 Å². The van der Waals surface area contributed by atoms with E-state index in [1.807, 2.05) is 0 Å². The predicted molar refractivity (Wildman–Crippen MR) is 59.7 cm³/mol. The molecule has 6 nitrogen and oxygen atoms in total. The van der Waals surface area contributed by atoms with E-state index in [9.17, 15) is 9.59 Å². The molecule has 0 spiro atoms. The summed E-state index contributed by atoms with van der Waals surface area (Å²) in [6, 6.07) is 3.18. The Morgan fingerprint density at radius 3 is 2.82 bits per heavy atom. The Morgan fingerprint density at radius 2 is 2.29 bits per heavy atom. The molecule has 17 heavy (non-hydrogen) atoms. The Hall–Kier alpha value is -1.95. The largest absolute Gasteiger partial charge is 0.479 e. The zero-order chi connectivity index (χ0) is 12.8. The highest BCUT2D eigenvalue weighted by Crippen LogP contribution is 2.00. The molecule has 1 rings (SSSR count). The van der Waals surface area contributed by atoms with E-state index in [1.54, 1.807) is 19.1 Å². The van der Waals surface area contributed by atoms with Crippen molar-refractivity contribution in [1.82, 2.24) is 10.3 Å². The fourth-order valence-electron chi connectivity index (χ4n) is 1.25. The molecule has 0 aliphatic carbocycles. The number of carboxylic acid groups (broad SMARTS) is 1. The SMILES string of the molecule is COC(CNC(=O)c1ccnc(C)c1)C(=O)O. The van der Waals surface area contributed by atoms with Gasteiger partial charge in [-0.05, 0) is 19.1 Å². The highest BCUT2D eigenvalue weighted by Gasteiger charge is 2.17. The van der Waals surface area contributed by atoms with Gasteiger partial charge in [0.25, 0.3) is 5.91 Å². The van der Waals surface area contributed by atoms with Crippen LogP contribution < -0.4 is 5.32 Å². The minimum Gasteiger partial charge on any atom is -0.479 e. The van der Waals surface area contributed by atoms with Crippen molar-refractivity contribution in [2.75, 3.05) is 13.7 Å². The lowest BCUT2D eigenvalue weighted by atomic mass is 10.2. The summed E-state index contributed by atoms with van der Waals surface area (Å²) >= 11 is 0. The lowest BCUT2D eigenvalue weighted by Crippen LogP contribution is -2.37. The molecule has 0 aliphatic rings. The predicted octanol–water partition coefficient (Wildman–Crippen LogP) is 0.219. The van der Waals surface area contributed by atoms with Gasteiger partial charge in [-0.1, -0.05) is 0 Å². The van der Waals surface area contributed by atoms with Crippen LogP contribution in [0.1, 0.15) is 16.1 Å². The summed E-state index contributed by atoms with van der Waals surface area (Å²) in [5.74, 6) is -1.46. The number of carbonyl (C=O) groups excluding carboxylic acids is 1. The quantitative estimate of drug-likeness (QED) is 0.766. The number of nitrogens with one attached hydrogen (secondary N) is 1. The molecular formula is C11H14N2O4. The third kappa shape index (κ3) is 3.84. The van der Waals surface area contributed by atoms with Crippen molar-refractivity contribution >= 4 is 11.9 Å². The van der Waals surface area contributed by atoms with Crippen LogP contribution in [0.5, 0.6) is 0 Å². The summed E-state index contributed by atoms with van der Waals surface area (Å²) < 4.78 is 4.70. The molecule has 92 valence electrons. The number of pyridine rings is 1. The van der Waals surface area contributed by atoms with Gasteiger partial charge in [0.2, 0.25) is 0 Å². The third-order valence-electron chi connectivity index (χ3n) is 2.17. The number of hydrogen-bond donors (Lipinski definition) is 2. The van der Waals surface area contributed by atoms with Crippen LogP contribution >= 0.6 is 0 Å². The first-order chi connectivity index (χ1) is 8.04. The molecule has 6 heteroatoms. The summed E-state index contributed by atoms with van der Waals surface area (Å²) in [4.78, 5) is 26.3. The Bertz CT molecular complexity index is 420. The Labute approximate surface area is 98.6 Å². The highest BCUT2D eigenvalue weighted by atomic mass is 16.5. The third-order valence-corrected chi connectivity index (χ3v) is 2.17. The van der Waals surface area contributed by atoms with Gasteiger partial charge in [-0.3, -0.25) is 9.78 Å². The fourth-order valence-corrected chi connectivity index (χ4v) is 1.25. The summed E-state index contributed by atoms with van der Waals surface area (Å²) in [5, 5.41) is 11.2. The molecule has 0 saturated carbocycles. The number of methoxy groups -OCH3 is 1. The van der Waals surface area contributed by atoms with Crippen molar-refractivity contribution in [3.05, 3.63) is 29.6 Å². The van der Waals surface area contributed by atoms with Gasteiger partial charge in [-0.15, -0.1) is 0 Å². The first-order valence-electron chi connectivity index (χ1n) is 5.01. The number of rotatable bonds is 5. The number of nitrogens with zero attached hydrogens (tertiary/aromatic N) is 1. The summed E-state index contributed by atoms with van der Waals surface area (Å²) in [7, 11) is 1.28. The molecule has 1 aromatic heterocycles. The number of ether oxygens (including phenoxy) is 1. The molecule has 1 aromatic rings. The van der Waals surface area contributed by atoms with Crippen LogP contribution in [0, 0.1) is 6.92 Å². The number of amides is 1. The van der Waals surface area contributed by atoms with Crippen LogP contribution in [0.4, 0.5) is 0 Å². The van der Waals surface area contributed by atoms with E-state index in [1.165, 1.54) is 13.3 Å². The van der Waals surface area contributed by atoms with Gasteiger partial charge in [-0.2, -0.15) is 0 Å². The zero-order valence-electron chi connectivity index (χ0n) is 9.64. The summed E-state index contributed by atoms with van der Waals surface area (Å²) in [6.45, 7) is 1.69. The molecule has 0 aliphatic heterocycles. The molecule has 0 radical (unpaired) electrons. The molecule has 0 aromatic carbocycles. The average Bonchev–Trinajstić information content (AvgIpc) is 2.29. The van der Waals surface area contributed by atoms with Gasteiger partial charge in [0.1, 0.15) is 0 Å². The minimum atomic E-state index is -1.11. The number of aryl methyl sites for hydroxylation is 1. The van der Waals surface area contributed by atoms with Crippen molar-refractivity contribution in [2.24, 2.45) is 0 Å². The molecule has 1 amide bonds. The maximum absolute atomic E-state index is 11.7. The number of aromatic nitrogens is 1. The topological polar surface area (TPSA) is 88.5 Å². The van der Waals surface area contributed by atoms with E-state index in [-0.39, 0.29) is 12.5 Å². The fraction of sp³-hybridized carbons (Fsp3) is 0.364. The van der Waals surface area contributed by atoms with Gasteiger partial charge < -0.3 is 15.2 Å². The lowest BCUT2D eigenvalue weighted by Gasteiger charge is -2.11. The van der Waals surface area contributed by atoms with Gasteiger partial charge in [0.05, 0.1) is 6.54 Å². The van der Waals surface area contributed by atoms with Crippen LogP contribution in [0.3, 0.4) is 0 Å². The number of aliphatic carboxylic acids is 1. The highest BCUT2D eigenvalue weighted by molar-refractivity contribution is 5.94. The Balaban J connectivity index is 2.58. The monoisotopic (exact) mass is 238 g/mol. The van der Waals surface area contributed by atoms with Gasteiger partial charge in [0.15, 0.2) is 6.10 Å². The van der Waals surface area contributed by atoms with Gasteiger partial charge >= 0.3 is 5.97 Å². The van der Waals surface area contributed by atoms with E-state index >= 15 is 0 Å². The second kappa shape index (κ2) is 5.95. The maximum Gasteiger partial charge on any atom is 0.334 e. The van der Waals surface area contributed by atoms with Crippen LogP contribution in [0.2, 0.25) is 0 Å². The van der Waals surface area contributed by atoms with E-state index < -0.39 is 12.1 Å². The van der Waals surface area contributed by atoms with Crippen molar-refractivity contribution in [3.8, 4) is 0 Å². The summed E-state index contributed by atoms with van der Waals surface area (Å²) in [6.07, 6.45) is 0.483. The second-order valence-corrected chi connectivity index (χ2v) is 3.46. The van der Waals surface area contributed by atoms with Crippen LogP contribution in [0.15, 0.2) is 18.3 Å². The molecule has 1 unspecified atom stereocenters. The van der Waals surface area contributed by atoms with Crippen LogP contribution in [0.25, 0.3) is 0 Å². The van der Waals surface area contributed by atoms with E-state index in [0.29, 0.717) is 5.56 Å². The molecule has 0 bridgehead atoms. The first kappa shape index (κ1) is 13.1. The number of carboxylic acids is 1. The van der Waals surface area contributed by atoms with Crippen molar-refractivity contribution in [2.45, 2.75) is 13.0 Å². The molecule has 0 saturated heterocycles. The van der Waals surface area contributed by atoms with Crippen molar-refractivity contribution < 1.29 is 19.4 Å². The lowest BCUT2D eigenvalue weighted by molar-refractivity contribution is -0.148. The van der Waals surface area contributed by atoms with Crippen molar-refractivity contribution in [3.63, 3.8) is 0 Å². The van der Waals surface area contributed by atoms with E-state index in [2.05, 4.69) is 10.3 Å². The number of hydrogen-bond acceptors (Lipinski definition) is 4. The van der Waals surface area contributed by atoms with Gasteiger partial charge in [0, 0.05) is 24.6 Å². The Morgan fingerprint density at radius 1 is 1.59 bits per heavy atom. The molecule has 2 N–H and O–H groups in total. The first-order valence-corrected chi connectivity index (χ1v) is 5.01. The van der Waals surface area contributed by atoms with Gasteiger partial charge in [-0.25, -0.2) is 4.79 Å². The Kier molecular flexibility index (Phi) is 4.59. The molecular weight excluding hydrogens is 224 g/mol. The van der Waals surface area contributed by atoms with E-state index in [0.717, 1.165) is 5.69 Å². The maximum atomic E-state index is 11.7. The van der Waals surface area contributed by atoms with Crippen LogP contribution in [-0.4, -0.2) is 41.7 Å². The zero-order valence-corrected chi connectivity index (χ0v) is 9.64. The second-order valence-electron chi connectivity index (χ2n) is 3.46. The van der Waals surface area contributed by atoms with Crippen molar-refractivity contribution in [1.29, 1.82) is 0 Å². The molecule has 1 atom stereocenters. The average molecular weight is 238 g/mol. The minimum absolute atomic E-state index is 0.0773. The molecule has 0 fully saturated rings. The molecule has 1 heterocycles. The summed E-state index contributed by atoms with van der Waals surface area (Å²) in [5.41, 5.74) is 1.16. The van der Waals surface area contributed by atoms with Crippen LogP contribution in [-0.2, 0) is 9.53 Å². The smallest absolute Gasteiger partial charge is 0.334 e. The normalized spacial score (nSPS) is 11.9. The number of carbonyl (C=O) groups is 2. The standard InChI is InChI=1S/C11H14N2O4/c1-7-5-8(3-4-12-7)10(14)13-6-9(17-2)11(15)16/h3-5,9H,6H2,1-2H3,(H,13,14)(H,15,16).